The van der Waals surface area contributed by atoms with Crippen molar-refractivity contribution in [3.05, 3.63) is 30.3 Å². The standard InChI is InChI=1S/C12H17N3Si/c1-16(2,3)10-14-12(9-13)15-11-7-5-4-6-8-11/h4-8H,10H2,1-3H3,(H,14,15). The number of aliphatic imine (C=N–C) groups is 1. The van der Waals surface area contributed by atoms with Crippen LogP contribution in [0.2, 0.25) is 19.6 Å². The van der Waals surface area contributed by atoms with Gasteiger partial charge in [0.15, 0.2) is 0 Å². The van der Waals surface area contributed by atoms with Crippen molar-refractivity contribution < 1.29 is 0 Å². The zero-order valence-corrected chi connectivity index (χ0v) is 11.0. The Hall–Kier alpha value is -1.60. The number of hydrogen-bond donors (Lipinski definition) is 1. The van der Waals surface area contributed by atoms with E-state index >= 15 is 0 Å². The van der Waals surface area contributed by atoms with E-state index in [1.807, 2.05) is 30.3 Å². The molecular formula is C12H17N3Si. The van der Waals surface area contributed by atoms with Gasteiger partial charge in [0, 0.05) is 11.9 Å². The van der Waals surface area contributed by atoms with E-state index in [0.29, 0.717) is 5.84 Å². The first-order valence-electron chi connectivity index (χ1n) is 5.28. The predicted molar refractivity (Wildman–Crippen MR) is 71.3 cm³/mol. The van der Waals surface area contributed by atoms with Crippen molar-refractivity contribution in [3.63, 3.8) is 0 Å². The van der Waals surface area contributed by atoms with Crippen LogP contribution in [0.4, 0.5) is 5.69 Å². The van der Waals surface area contributed by atoms with Crippen LogP contribution in [0.25, 0.3) is 0 Å². The van der Waals surface area contributed by atoms with Crippen LogP contribution in [-0.2, 0) is 0 Å². The summed E-state index contributed by atoms with van der Waals surface area (Å²) >= 11 is 0. The third-order valence-corrected chi connectivity index (χ3v) is 2.96. The first kappa shape index (κ1) is 12.5. The number of rotatable bonds is 3. The molecule has 1 N–H and O–H groups in total. The normalized spacial score (nSPS) is 12.0. The molecule has 0 bridgehead atoms. The molecule has 1 rings (SSSR count). The fraction of sp³-hybridized carbons (Fsp3) is 0.333. The molecule has 0 aliphatic heterocycles. The first-order chi connectivity index (χ1) is 7.51. The predicted octanol–water partition coefficient (Wildman–Crippen LogP) is 2.90. The topological polar surface area (TPSA) is 48.2 Å². The Bertz CT molecular complexity index is 399. The zero-order valence-electron chi connectivity index (χ0n) is 9.99. The monoisotopic (exact) mass is 231 g/mol. The van der Waals surface area contributed by atoms with E-state index < -0.39 is 8.07 Å². The fourth-order valence-corrected chi connectivity index (χ4v) is 1.71. The van der Waals surface area contributed by atoms with E-state index in [2.05, 4.69) is 36.0 Å². The lowest BCUT2D eigenvalue weighted by Gasteiger charge is -2.12. The third kappa shape index (κ3) is 4.76. The highest BCUT2D eigenvalue weighted by molar-refractivity contribution is 6.76. The molecule has 0 radical (unpaired) electrons. The average molecular weight is 231 g/mol. The Kier molecular flexibility index (Phi) is 4.26. The first-order valence-corrected chi connectivity index (χ1v) is 8.98. The molecule has 0 aliphatic rings. The molecule has 0 aliphatic carbocycles. The Labute approximate surface area is 97.8 Å². The molecule has 1 aromatic rings. The molecule has 0 atom stereocenters. The molecule has 0 saturated carbocycles. The van der Waals surface area contributed by atoms with E-state index in [4.69, 9.17) is 5.26 Å². The average Bonchev–Trinajstić information content (AvgIpc) is 2.24. The lowest BCUT2D eigenvalue weighted by molar-refractivity contribution is 1.27. The summed E-state index contributed by atoms with van der Waals surface area (Å²) in [7, 11) is -1.23. The lowest BCUT2D eigenvalue weighted by Crippen LogP contribution is -2.26. The second-order valence-corrected chi connectivity index (χ2v) is 10.3. The molecule has 0 saturated heterocycles. The van der Waals surface area contributed by atoms with Gasteiger partial charge in [-0.2, -0.15) is 5.26 Å². The van der Waals surface area contributed by atoms with E-state index in [1.165, 1.54) is 0 Å². The number of nitriles is 1. The molecular weight excluding hydrogens is 214 g/mol. The van der Waals surface area contributed by atoms with Gasteiger partial charge in [0.1, 0.15) is 6.07 Å². The van der Waals surface area contributed by atoms with Gasteiger partial charge in [0.25, 0.3) is 0 Å². The summed E-state index contributed by atoms with van der Waals surface area (Å²) in [5, 5.41) is 12.0. The highest BCUT2D eigenvalue weighted by Crippen LogP contribution is 2.06. The van der Waals surface area contributed by atoms with Crippen LogP contribution in [0.15, 0.2) is 35.3 Å². The van der Waals surface area contributed by atoms with Crippen molar-refractivity contribution in [2.75, 3.05) is 11.5 Å². The van der Waals surface area contributed by atoms with Crippen molar-refractivity contribution in [1.29, 1.82) is 5.26 Å². The van der Waals surface area contributed by atoms with Crippen LogP contribution >= 0.6 is 0 Å². The zero-order chi connectivity index (χ0) is 12.0. The largest absolute Gasteiger partial charge is 0.332 e. The Balaban J connectivity index is 2.67. The van der Waals surface area contributed by atoms with Crippen LogP contribution in [0.3, 0.4) is 0 Å². The van der Waals surface area contributed by atoms with Gasteiger partial charge >= 0.3 is 0 Å². The van der Waals surface area contributed by atoms with Crippen molar-refractivity contribution in [2.45, 2.75) is 19.6 Å². The molecule has 3 nitrogen and oxygen atoms in total. The number of hydrogen-bond acceptors (Lipinski definition) is 2. The van der Waals surface area contributed by atoms with Gasteiger partial charge < -0.3 is 5.32 Å². The Morgan fingerprint density at radius 2 is 1.94 bits per heavy atom. The summed E-state index contributed by atoms with van der Waals surface area (Å²) < 4.78 is 0. The van der Waals surface area contributed by atoms with Crippen molar-refractivity contribution in [1.82, 2.24) is 0 Å². The minimum absolute atomic E-state index is 0.397. The van der Waals surface area contributed by atoms with Crippen molar-refractivity contribution >= 4 is 19.6 Å². The quantitative estimate of drug-likeness (QED) is 0.494. The van der Waals surface area contributed by atoms with Gasteiger partial charge in [0.2, 0.25) is 5.84 Å². The number of anilines is 1. The second kappa shape index (κ2) is 5.47. The number of nitrogens with zero attached hydrogens (tertiary/aromatic N) is 2. The molecule has 1 aromatic carbocycles. The molecule has 0 spiro atoms. The van der Waals surface area contributed by atoms with Gasteiger partial charge in [-0.3, -0.25) is 4.99 Å². The van der Waals surface area contributed by atoms with Gasteiger partial charge in [-0.25, -0.2) is 0 Å². The van der Waals surface area contributed by atoms with Crippen molar-refractivity contribution in [3.8, 4) is 6.07 Å². The van der Waals surface area contributed by atoms with Crippen molar-refractivity contribution in [2.24, 2.45) is 4.99 Å². The molecule has 84 valence electrons. The summed E-state index contributed by atoms with van der Waals surface area (Å²) in [6, 6.07) is 11.7. The Morgan fingerprint density at radius 1 is 1.31 bits per heavy atom. The summed E-state index contributed by atoms with van der Waals surface area (Å²) in [6.07, 6.45) is 0.774. The smallest absolute Gasteiger partial charge is 0.205 e. The summed E-state index contributed by atoms with van der Waals surface area (Å²) in [4.78, 5) is 4.31. The van der Waals surface area contributed by atoms with Gasteiger partial charge in [0.05, 0.1) is 8.07 Å². The maximum Gasteiger partial charge on any atom is 0.205 e. The molecule has 0 amide bonds. The number of para-hydroxylation sites is 1. The van der Waals surface area contributed by atoms with Crippen LogP contribution in [0.1, 0.15) is 0 Å². The van der Waals surface area contributed by atoms with Crippen LogP contribution in [0, 0.1) is 11.3 Å². The van der Waals surface area contributed by atoms with E-state index in [0.717, 1.165) is 11.9 Å². The van der Waals surface area contributed by atoms with Crippen LogP contribution in [-0.4, -0.2) is 20.1 Å². The number of nitrogens with one attached hydrogen (secondary N) is 1. The van der Waals surface area contributed by atoms with Crippen LogP contribution < -0.4 is 5.32 Å². The summed E-state index contributed by atoms with van der Waals surface area (Å²) in [5.41, 5.74) is 0.901. The molecule has 0 fully saturated rings. The van der Waals surface area contributed by atoms with Gasteiger partial charge in [-0.1, -0.05) is 37.8 Å². The lowest BCUT2D eigenvalue weighted by atomic mass is 10.3. The van der Waals surface area contributed by atoms with Crippen LogP contribution in [0.5, 0.6) is 0 Å². The molecule has 0 aromatic heterocycles. The van der Waals surface area contributed by atoms with Gasteiger partial charge in [-0.15, -0.1) is 0 Å². The maximum absolute atomic E-state index is 8.96. The number of benzene rings is 1. The van der Waals surface area contributed by atoms with E-state index in [-0.39, 0.29) is 0 Å². The number of amidine groups is 1. The minimum Gasteiger partial charge on any atom is -0.332 e. The van der Waals surface area contributed by atoms with E-state index in [9.17, 15) is 0 Å². The molecule has 16 heavy (non-hydrogen) atoms. The summed E-state index contributed by atoms with van der Waals surface area (Å²) in [6.45, 7) is 6.69. The second-order valence-electron chi connectivity index (χ2n) is 4.83. The third-order valence-electron chi connectivity index (χ3n) is 1.85. The highest BCUT2D eigenvalue weighted by atomic mass is 28.3. The summed E-state index contributed by atoms with van der Waals surface area (Å²) in [5.74, 6) is 0.397. The maximum atomic E-state index is 8.96. The molecule has 0 unspecified atom stereocenters. The highest BCUT2D eigenvalue weighted by Gasteiger charge is 2.12. The van der Waals surface area contributed by atoms with E-state index in [1.54, 1.807) is 0 Å². The minimum atomic E-state index is -1.23. The fourth-order valence-electron chi connectivity index (χ4n) is 1.08. The SMILES string of the molecule is C[Si](C)(C)C/N=C(/C#N)Nc1ccccc1. The Morgan fingerprint density at radius 3 is 2.44 bits per heavy atom. The molecule has 0 heterocycles. The molecule has 4 heteroatoms. The van der Waals surface area contributed by atoms with Gasteiger partial charge in [-0.05, 0) is 12.1 Å².